The fraction of sp³-hybridized carbons (Fsp3) is 0.929. The maximum absolute atomic E-state index is 10.5. The topological polar surface area (TPSA) is 40.5 Å². The fourth-order valence-electron chi connectivity index (χ4n) is 3.60. The molecule has 0 spiro atoms. The molecule has 1 heterocycles. The Morgan fingerprint density at radius 2 is 1.88 bits per heavy atom. The average Bonchev–Trinajstić information content (AvgIpc) is 2.34. The van der Waals surface area contributed by atoms with Crippen molar-refractivity contribution < 1.29 is 9.90 Å². The Morgan fingerprint density at radius 3 is 2.71 bits per heavy atom. The summed E-state index contributed by atoms with van der Waals surface area (Å²) in [6.07, 6.45) is 10.6. The van der Waals surface area contributed by atoms with E-state index < -0.39 is 5.97 Å². The molecule has 0 unspecified atom stereocenters. The molecule has 0 aromatic rings. The maximum atomic E-state index is 10.5. The van der Waals surface area contributed by atoms with Crippen LogP contribution in [0.3, 0.4) is 0 Å². The second-order valence-electron chi connectivity index (χ2n) is 5.64. The molecule has 0 bridgehead atoms. The molecular weight excluding hydrogens is 214 g/mol. The van der Waals surface area contributed by atoms with Crippen molar-refractivity contribution in [2.75, 3.05) is 13.1 Å². The second kappa shape index (κ2) is 6.39. The highest BCUT2D eigenvalue weighted by Gasteiger charge is 2.32. The summed E-state index contributed by atoms with van der Waals surface area (Å²) in [5.74, 6) is 0.288. The number of carboxylic acid groups (broad SMARTS) is 1. The SMILES string of the molecule is O=C(O)CCCCN1CCC[C@H]2CCCC[C@H]21. The van der Waals surface area contributed by atoms with E-state index in [-0.39, 0.29) is 0 Å². The smallest absolute Gasteiger partial charge is 0.303 e. The van der Waals surface area contributed by atoms with E-state index in [0.29, 0.717) is 6.42 Å². The zero-order valence-corrected chi connectivity index (χ0v) is 10.7. The van der Waals surface area contributed by atoms with Crippen molar-refractivity contribution in [2.24, 2.45) is 5.92 Å². The average molecular weight is 239 g/mol. The first-order valence-corrected chi connectivity index (χ1v) is 7.23. The van der Waals surface area contributed by atoms with Gasteiger partial charge in [-0.2, -0.15) is 0 Å². The molecule has 1 saturated carbocycles. The Bertz CT molecular complexity index is 253. The van der Waals surface area contributed by atoms with Gasteiger partial charge in [-0.1, -0.05) is 12.8 Å². The normalized spacial score (nSPS) is 29.9. The summed E-state index contributed by atoms with van der Waals surface area (Å²) >= 11 is 0. The van der Waals surface area contributed by atoms with Gasteiger partial charge in [0, 0.05) is 12.5 Å². The molecule has 1 aliphatic carbocycles. The van der Waals surface area contributed by atoms with Crippen LogP contribution in [0.15, 0.2) is 0 Å². The van der Waals surface area contributed by atoms with Crippen molar-refractivity contribution in [3.8, 4) is 0 Å². The number of piperidine rings is 1. The van der Waals surface area contributed by atoms with E-state index in [1.807, 2.05) is 0 Å². The molecule has 0 radical (unpaired) electrons. The third-order valence-corrected chi connectivity index (χ3v) is 4.44. The van der Waals surface area contributed by atoms with Crippen LogP contribution in [0.1, 0.15) is 57.8 Å². The van der Waals surface area contributed by atoms with Gasteiger partial charge in [-0.05, 0) is 57.5 Å². The van der Waals surface area contributed by atoms with Gasteiger partial charge in [0.05, 0.1) is 0 Å². The van der Waals surface area contributed by atoms with Crippen molar-refractivity contribution in [2.45, 2.75) is 63.8 Å². The lowest BCUT2D eigenvalue weighted by Gasteiger charge is -2.44. The van der Waals surface area contributed by atoms with Crippen LogP contribution in [0.25, 0.3) is 0 Å². The fourth-order valence-corrected chi connectivity index (χ4v) is 3.60. The summed E-state index contributed by atoms with van der Waals surface area (Å²) < 4.78 is 0. The number of carboxylic acids is 1. The summed E-state index contributed by atoms with van der Waals surface area (Å²) in [6.45, 7) is 2.36. The molecule has 0 amide bonds. The molecule has 0 aromatic heterocycles. The molecule has 0 aromatic carbocycles. The molecule has 1 aliphatic heterocycles. The van der Waals surface area contributed by atoms with Crippen LogP contribution in [0.2, 0.25) is 0 Å². The van der Waals surface area contributed by atoms with Crippen molar-refractivity contribution in [1.82, 2.24) is 4.90 Å². The molecular formula is C14H25NO2. The molecule has 2 aliphatic rings. The van der Waals surface area contributed by atoms with Gasteiger partial charge in [-0.25, -0.2) is 0 Å². The van der Waals surface area contributed by atoms with Gasteiger partial charge in [0.2, 0.25) is 0 Å². The molecule has 2 atom stereocenters. The molecule has 98 valence electrons. The molecule has 1 N–H and O–H groups in total. The van der Waals surface area contributed by atoms with Gasteiger partial charge in [0.15, 0.2) is 0 Å². The summed E-state index contributed by atoms with van der Waals surface area (Å²) in [7, 11) is 0. The third kappa shape index (κ3) is 3.70. The highest BCUT2D eigenvalue weighted by molar-refractivity contribution is 5.66. The van der Waals surface area contributed by atoms with Crippen molar-refractivity contribution >= 4 is 5.97 Å². The Morgan fingerprint density at radius 1 is 1.12 bits per heavy atom. The molecule has 3 heteroatoms. The number of unbranched alkanes of at least 4 members (excludes halogenated alkanes) is 1. The Balaban J connectivity index is 1.73. The molecule has 1 saturated heterocycles. The van der Waals surface area contributed by atoms with Gasteiger partial charge in [-0.3, -0.25) is 4.79 Å². The lowest BCUT2D eigenvalue weighted by Crippen LogP contribution is -2.47. The summed E-state index contributed by atoms with van der Waals surface area (Å²) in [5.41, 5.74) is 0. The van der Waals surface area contributed by atoms with Crippen LogP contribution in [-0.2, 0) is 4.79 Å². The van der Waals surface area contributed by atoms with E-state index in [9.17, 15) is 4.79 Å². The predicted octanol–water partition coefficient (Wildman–Crippen LogP) is 2.90. The molecule has 17 heavy (non-hydrogen) atoms. The van der Waals surface area contributed by atoms with Crippen LogP contribution in [-0.4, -0.2) is 35.1 Å². The first-order chi connectivity index (χ1) is 8.27. The lowest BCUT2D eigenvalue weighted by molar-refractivity contribution is -0.137. The standard InChI is InChI=1S/C14H25NO2/c16-14(17)9-3-4-10-15-11-5-7-12-6-1-2-8-13(12)15/h12-13H,1-11H2,(H,16,17)/t12-,13-/m1/s1. The van der Waals surface area contributed by atoms with Crippen LogP contribution >= 0.6 is 0 Å². The summed E-state index contributed by atoms with van der Waals surface area (Å²) in [6, 6.07) is 0.822. The van der Waals surface area contributed by atoms with Crippen LogP contribution in [0.5, 0.6) is 0 Å². The van der Waals surface area contributed by atoms with Gasteiger partial charge >= 0.3 is 5.97 Å². The summed E-state index contributed by atoms with van der Waals surface area (Å²) in [5, 5.41) is 8.62. The maximum Gasteiger partial charge on any atom is 0.303 e. The monoisotopic (exact) mass is 239 g/mol. The van der Waals surface area contributed by atoms with E-state index in [4.69, 9.17) is 5.11 Å². The minimum atomic E-state index is -0.654. The van der Waals surface area contributed by atoms with E-state index in [0.717, 1.165) is 31.3 Å². The minimum Gasteiger partial charge on any atom is -0.481 e. The van der Waals surface area contributed by atoms with E-state index in [1.165, 1.54) is 45.1 Å². The van der Waals surface area contributed by atoms with Crippen LogP contribution in [0, 0.1) is 5.92 Å². The molecule has 2 rings (SSSR count). The van der Waals surface area contributed by atoms with Gasteiger partial charge < -0.3 is 10.0 Å². The van der Waals surface area contributed by atoms with Crippen molar-refractivity contribution in [1.29, 1.82) is 0 Å². The largest absolute Gasteiger partial charge is 0.481 e. The Hall–Kier alpha value is -0.570. The van der Waals surface area contributed by atoms with Crippen molar-refractivity contribution in [3.05, 3.63) is 0 Å². The van der Waals surface area contributed by atoms with Crippen LogP contribution < -0.4 is 0 Å². The zero-order valence-electron chi connectivity index (χ0n) is 10.7. The van der Waals surface area contributed by atoms with Gasteiger partial charge in [-0.15, -0.1) is 0 Å². The number of carbonyl (C=O) groups is 1. The number of aliphatic carboxylic acids is 1. The number of hydrogen-bond acceptors (Lipinski definition) is 2. The van der Waals surface area contributed by atoms with E-state index in [2.05, 4.69) is 4.90 Å². The third-order valence-electron chi connectivity index (χ3n) is 4.44. The summed E-state index contributed by atoms with van der Waals surface area (Å²) in [4.78, 5) is 13.1. The predicted molar refractivity (Wildman–Crippen MR) is 68.0 cm³/mol. The highest BCUT2D eigenvalue weighted by atomic mass is 16.4. The Kier molecular flexibility index (Phi) is 4.84. The van der Waals surface area contributed by atoms with Gasteiger partial charge in [0.1, 0.15) is 0 Å². The Labute approximate surface area is 104 Å². The minimum absolute atomic E-state index is 0.335. The lowest BCUT2D eigenvalue weighted by atomic mass is 9.78. The number of hydrogen-bond donors (Lipinski definition) is 1. The number of nitrogens with zero attached hydrogens (tertiary/aromatic N) is 1. The number of rotatable bonds is 5. The first-order valence-electron chi connectivity index (χ1n) is 7.23. The molecule has 2 fully saturated rings. The zero-order chi connectivity index (χ0) is 12.1. The second-order valence-corrected chi connectivity index (χ2v) is 5.64. The van der Waals surface area contributed by atoms with E-state index in [1.54, 1.807) is 0 Å². The number of fused-ring (bicyclic) bond motifs is 1. The van der Waals surface area contributed by atoms with E-state index >= 15 is 0 Å². The highest BCUT2D eigenvalue weighted by Crippen LogP contribution is 2.35. The molecule has 3 nitrogen and oxygen atoms in total. The quantitative estimate of drug-likeness (QED) is 0.750. The first kappa shape index (κ1) is 12.9. The van der Waals surface area contributed by atoms with Crippen LogP contribution in [0.4, 0.5) is 0 Å². The van der Waals surface area contributed by atoms with Gasteiger partial charge in [0.25, 0.3) is 0 Å². The number of likely N-dealkylation sites (tertiary alicyclic amines) is 1. The van der Waals surface area contributed by atoms with Crippen molar-refractivity contribution in [3.63, 3.8) is 0 Å².